The number of nitrogens with one attached hydrogen (secondary N) is 2. The van der Waals surface area contributed by atoms with E-state index >= 15 is 0 Å². The summed E-state index contributed by atoms with van der Waals surface area (Å²) in [6.07, 6.45) is 1.80. The van der Waals surface area contributed by atoms with E-state index in [1.165, 1.54) is 11.3 Å². The van der Waals surface area contributed by atoms with Crippen molar-refractivity contribution in [3.05, 3.63) is 51.3 Å². The second kappa shape index (κ2) is 7.75. The standard InChI is InChI=1S/C17H21BrN4S/c1-5-19-17(23)21-20-10-14-9-12(3)22(13(14)4)15-6-7-16(18)11(2)8-15/h6-10H,5H2,1-4H3,(H2,19,21,23). The van der Waals surface area contributed by atoms with Crippen LogP contribution >= 0.6 is 28.1 Å². The third kappa shape index (κ3) is 4.20. The average Bonchev–Trinajstić information content (AvgIpc) is 2.77. The Morgan fingerprint density at radius 3 is 2.70 bits per heavy atom. The van der Waals surface area contributed by atoms with Gasteiger partial charge in [0.05, 0.1) is 6.21 Å². The van der Waals surface area contributed by atoms with Gasteiger partial charge in [-0.3, -0.25) is 5.43 Å². The van der Waals surface area contributed by atoms with Crippen molar-refractivity contribution in [2.45, 2.75) is 27.7 Å². The molecule has 0 unspecified atom stereocenters. The quantitative estimate of drug-likeness (QED) is 0.469. The summed E-state index contributed by atoms with van der Waals surface area (Å²) in [6.45, 7) is 9.05. The molecule has 122 valence electrons. The highest BCUT2D eigenvalue weighted by atomic mass is 79.9. The van der Waals surface area contributed by atoms with Crippen molar-refractivity contribution in [2.75, 3.05) is 6.54 Å². The molecular formula is C17H21BrN4S. The van der Waals surface area contributed by atoms with Crippen LogP contribution in [0.4, 0.5) is 0 Å². The van der Waals surface area contributed by atoms with Crippen LogP contribution in [0.1, 0.15) is 29.4 Å². The van der Waals surface area contributed by atoms with E-state index in [1.807, 2.05) is 6.92 Å². The molecule has 1 heterocycles. The molecule has 0 amide bonds. The van der Waals surface area contributed by atoms with Crippen LogP contribution in [0.15, 0.2) is 33.8 Å². The van der Waals surface area contributed by atoms with E-state index in [0.717, 1.165) is 28.0 Å². The Kier molecular flexibility index (Phi) is 5.96. The third-order valence-electron chi connectivity index (χ3n) is 3.58. The molecule has 6 heteroatoms. The Hall–Kier alpha value is -1.66. The molecule has 0 aliphatic heterocycles. The van der Waals surface area contributed by atoms with Crippen LogP contribution in [0.5, 0.6) is 0 Å². The Labute approximate surface area is 151 Å². The van der Waals surface area contributed by atoms with Crippen molar-refractivity contribution >= 4 is 39.5 Å². The fraction of sp³-hybridized carbons (Fsp3) is 0.294. The molecule has 0 aliphatic carbocycles. The van der Waals surface area contributed by atoms with E-state index < -0.39 is 0 Å². The number of hydrogen-bond donors (Lipinski definition) is 2. The van der Waals surface area contributed by atoms with E-state index in [1.54, 1.807) is 6.21 Å². The van der Waals surface area contributed by atoms with Gasteiger partial charge in [0.2, 0.25) is 0 Å². The van der Waals surface area contributed by atoms with Crippen molar-refractivity contribution in [3.8, 4) is 5.69 Å². The monoisotopic (exact) mass is 392 g/mol. The number of hydrogen-bond acceptors (Lipinski definition) is 2. The summed E-state index contributed by atoms with van der Waals surface area (Å²) >= 11 is 8.64. The average molecular weight is 393 g/mol. The molecule has 4 nitrogen and oxygen atoms in total. The molecule has 0 atom stereocenters. The maximum Gasteiger partial charge on any atom is 0.186 e. The van der Waals surface area contributed by atoms with Gasteiger partial charge in [-0.15, -0.1) is 0 Å². The molecule has 0 aliphatic rings. The van der Waals surface area contributed by atoms with Gasteiger partial charge in [0.25, 0.3) is 0 Å². The number of aryl methyl sites for hydroxylation is 2. The molecule has 0 bridgehead atoms. The molecule has 2 rings (SSSR count). The first-order chi connectivity index (χ1) is 10.9. The van der Waals surface area contributed by atoms with Gasteiger partial charge in [-0.1, -0.05) is 15.9 Å². The predicted molar refractivity (Wildman–Crippen MR) is 105 cm³/mol. The summed E-state index contributed by atoms with van der Waals surface area (Å²) in [5.41, 5.74) is 8.55. The van der Waals surface area contributed by atoms with Crippen molar-refractivity contribution < 1.29 is 0 Å². The van der Waals surface area contributed by atoms with Gasteiger partial charge in [0.1, 0.15) is 0 Å². The molecule has 0 radical (unpaired) electrons. The highest BCUT2D eigenvalue weighted by Gasteiger charge is 2.10. The van der Waals surface area contributed by atoms with Gasteiger partial charge in [-0.05, 0) is 69.7 Å². The minimum atomic E-state index is 0.529. The summed E-state index contributed by atoms with van der Waals surface area (Å²) in [6, 6.07) is 8.47. The van der Waals surface area contributed by atoms with Crippen LogP contribution in [-0.4, -0.2) is 22.4 Å². The van der Waals surface area contributed by atoms with Gasteiger partial charge in [0.15, 0.2) is 5.11 Å². The lowest BCUT2D eigenvalue weighted by atomic mass is 10.2. The van der Waals surface area contributed by atoms with Crippen LogP contribution in [0.2, 0.25) is 0 Å². The zero-order valence-electron chi connectivity index (χ0n) is 13.8. The second-order valence-corrected chi connectivity index (χ2v) is 6.59. The zero-order chi connectivity index (χ0) is 17.0. The molecule has 0 saturated carbocycles. The van der Waals surface area contributed by atoms with Gasteiger partial charge in [-0.2, -0.15) is 5.10 Å². The van der Waals surface area contributed by atoms with E-state index in [9.17, 15) is 0 Å². The van der Waals surface area contributed by atoms with E-state index in [0.29, 0.717) is 5.11 Å². The zero-order valence-corrected chi connectivity index (χ0v) is 16.2. The lowest BCUT2D eigenvalue weighted by Gasteiger charge is -2.11. The number of halogens is 1. The molecule has 2 N–H and O–H groups in total. The van der Waals surface area contributed by atoms with Crippen LogP contribution < -0.4 is 10.7 Å². The fourth-order valence-corrected chi connectivity index (χ4v) is 2.89. The third-order valence-corrected chi connectivity index (χ3v) is 4.70. The van der Waals surface area contributed by atoms with Crippen LogP contribution in [0.3, 0.4) is 0 Å². The second-order valence-electron chi connectivity index (χ2n) is 5.32. The van der Waals surface area contributed by atoms with Gasteiger partial charge in [-0.25, -0.2) is 0 Å². The first-order valence-corrected chi connectivity index (χ1v) is 8.66. The number of nitrogens with zero attached hydrogens (tertiary/aromatic N) is 2. The molecule has 23 heavy (non-hydrogen) atoms. The van der Waals surface area contributed by atoms with Crippen molar-refractivity contribution in [1.29, 1.82) is 0 Å². The number of benzene rings is 1. The molecule has 1 aromatic carbocycles. The molecular weight excluding hydrogens is 372 g/mol. The van der Waals surface area contributed by atoms with E-state index in [2.05, 4.69) is 81.4 Å². The van der Waals surface area contributed by atoms with Gasteiger partial charge < -0.3 is 9.88 Å². The maximum atomic E-state index is 5.09. The normalized spacial score (nSPS) is 11.0. The Bertz CT molecular complexity index is 749. The Morgan fingerprint density at radius 2 is 2.04 bits per heavy atom. The number of aromatic nitrogens is 1. The number of thiocarbonyl (C=S) groups is 1. The minimum Gasteiger partial charge on any atom is -0.362 e. The first kappa shape index (κ1) is 17.7. The van der Waals surface area contributed by atoms with Crippen LogP contribution in [0.25, 0.3) is 5.69 Å². The van der Waals surface area contributed by atoms with Gasteiger partial charge in [0, 0.05) is 33.7 Å². The molecule has 0 spiro atoms. The maximum absolute atomic E-state index is 5.09. The largest absolute Gasteiger partial charge is 0.362 e. The van der Waals surface area contributed by atoms with Crippen molar-refractivity contribution in [3.63, 3.8) is 0 Å². The molecule has 1 aromatic heterocycles. The number of hydrazone groups is 1. The minimum absolute atomic E-state index is 0.529. The van der Waals surface area contributed by atoms with Crippen LogP contribution in [0, 0.1) is 20.8 Å². The van der Waals surface area contributed by atoms with E-state index in [4.69, 9.17) is 12.2 Å². The highest BCUT2D eigenvalue weighted by Crippen LogP contribution is 2.24. The molecule has 2 aromatic rings. The smallest absolute Gasteiger partial charge is 0.186 e. The molecule has 0 fully saturated rings. The Balaban J connectivity index is 2.27. The summed E-state index contributed by atoms with van der Waals surface area (Å²) in [5.74, 6) is 0. The molecule has 0 saturated heterocycles. The highest BCUT2D eigenvalue weighted by molar-refractivity contribution is 9.10. The number of rotatable bonds is 4. The fourth-order valence-electron chi connectivity index (χ4n) is 2.44. The lowest BCUT2D eigenvalue weighted by Crippen LogP contribution is -2.31. The summed E-state index contributed by atoms with van der Waals surface area (Å²) in [4.78, 5) is 0. The lowest BCUT2D eigenvalue weighted by molar-refractivity contribution is 0.903. The van der Waals surface area contributed by atoms with Gasteiger partial charge >= 0.3 is 0 Å². The van der Waals surface area contributed by atoms with Crippen molar-refractivity contribution in [2.24, 2.45) is 5.10 Å². The Morgan fingerprint density at radius 1 is 1.30 bits per heavy atom. The SMILES string of the molecule is CCNC(=S)NN=Cc1cc(C)n(-c2ccc(Br)c(C)c2)c1C. The predicted octanol–water partition coefficient (Wildman–Crippen LogP) is 3.98. The van der Waals surface area contributed by atoms with E-state index in [-0.39, 0.29) is 0 Å². The summed E-state index contributed by atoms with van der Waals surface area (Å²) in [7, 11) is 0. The topological polar surface area (TPSA) is 41.4 Å². The van der Waals surface area contributed by atoms with Crippen LogP contribution in [-0.2, 0) is 0 Å². The first-order valence-electron chi connectivity index (χ1n) is 7.46. The van der Waals surface area contributed by atoms with Crippen molar-refractivity contribution in [1.82, 2.24) is 15.3 Å². The summed E-state index contributed by atoms with van der Waals surface area (Å²) < 4.78 is 3.34. The summed E-state index contributed by atoms with van der Waals surface area (Å²) in [5, 5.41) is 7.73.